The number of aryl methyl sites for hydroxylation is 3. The second kappa shape index (κ2) is 13.5. The fourth-order valence-corrected chi connectivity index (χ4v) is 4.74. The molecule has 0 saturated heterocycles. The fraction of sp³-hybridized carbons (Fsp3) is 0.154. The van der Waals surface area contributed by atoms with Crippen LogP contribution < -0.4 is 0 Å². The summed E-state index contributed by atoms with van der Waals surface area (Å²) in [5, 5.41) is 1.56. The van der Waals surface area contributed by atoms with Gasteiger partial charge in [-0.1, -0.05) is 91.3 Å². The average Bonchev–Trinajstić information content (AvgIpc) is 3.49. The Morgan fingerprint density at radius 2 is 1.73 bits per heavy atom. The van der Waals surface area contributed by atoms with E-state index in [0.29, 0.717) is 33.7 Å². The minimum atomic E-state index is -2.29. The zero-order valence-electron chi connectivity index (χ0n) is 33.9. The van der Waals surface area contributed by atoms with Crippen molar-refractivity contribution in [3.63, 3.8) is 0 Å². The molecule has 0 bridgehead atoms. The van der Waals surface area contributed by atoms with Crippen molar-refractivity contribution in [1.82, 2.24) is 15.0 Å². The van der Waals surface area contributed by atoms with E-state index in [2.05, 4.69) is 27.1 Å². The predicted octanol–water partition coefficient (Wildman–Crippen LogP) is 10.1. The Balaban J connectivity index is 0.000000204. The number of fused-ring (bicyclic) bond motifs is 3. The minimum absolute atomic E-state index is 0. The van der Waals surface area contributed by atoms with Gasteiger partial charge in [0.15, 0.2) is 0 Å². The Morgan fingerprint density at radius 1 is 0.841 bits per heavy atom. The molecule has 0 N–H and O–H groups in total. The number of rotatable bonds is 4. The molecule has 5 heteroatoms. The molecular weight excluding hydrogens is 719 g/mol. The number of hydrogen-bond donors (Lipinski definition) is 0. The molecule has 4 nitrogen and oxygen atoms in total. The van der Waals surface area contributed by atoms with Crippen molar-refractivity contribution in [2.24, 2.45) is 0 Å². The van der Waals surface area contributed by atoms with Crippen molar-refractivity contribution < 1.29 is 38.2 Å². The Bertz CT molecular complexity index is 2400. The minimum Gasteiger partial charge on any atom is -0.486 e. The van der Waals surface area contributed by atoms with Crippen molar-refractivity contribution in [1.29, 1.82) is 0 Å². The zero-order chi connectivity index (χ0) is 38.3. The molecule has 0 amide bonds. The van der Waals surface area contributed by atoms with Gasteiger partial charge < -0.3 is 14.4 Å². The molecular formula is C39H33IrN3O-2. The van der Waals surface area contributed by atoms with Crippen LogP contribution in [0.2, 0.25) is 0 Å². The summed E-state index contributed by atoms with van der Waals surface area (Å²) in [6.07, 6.45) is 2.98. The maximum atomic E-state index is 8.24. The summed E-state index contributed by atoms with van der Waals surface area (Å²) in [5.74, 6) is -0.754. The first kappa shape index (κ1) is 20.5. The van der Waals surface area contributed by atoms with Gasteiger partial charge in [0.1, 0.15) is 0 Å². The van der Waals surface area contributed by atoms with E-state index in [9.17, 15) is 0 Å². The summed E-state index contributed by atoms with van der Waals surface area (Å²) in [6.45, 7) is -3.14. The third kappa shape index (κ3) is 6.55. The van der Waals surface area contributed by atoms with Gasteiger partial charge in [-0.2, -0.15) is 0 Å². The number of nitrogens with zero attached hydrogens (tertiary/aromatic N) is 3. The summed E-state index contributed by atoms with van der Waals surface area (Å²) in [6, 6.07) is 32.2. The van der Waals surface area contributed by atoms with Crippen LogP contribution in [-0.2, 0) is 20.1 Å². The van der Waals surface area contributed by atoms with Gasteiger partial charge in [-0.3, -0.25) is 0 Å². The van der Waals surface area contributed by atoms with Crippen molar-refractivity contribution in [2.45, 2.75) is 40.3 Å². The van der Waals surface area contributed by atoms with Crippen LogP contribution in [0.4, 0.5) is 0 Å². The summed E-state index contributed by atoms with van der Waals surface area (Å²) >= 11 is 0. The molecule has 4 heterocycles. The van der Waals surface area contributed by atoms with Crippen molar-refractivity contribution in [2.75, 3.05) is 0 Å². The second-order valence-corrected chi connectivity index (χ2v) is 10.1. The molecule has 7 aromatic rings. The average molecular weight is 762 g/mol. The molecule has 221 valence electrons. The molecule has 0 aliphatic heterocycles. The predicted molar refractivity (Wildman–Crippen MR) is 176 cm³/mol. The largest absolute Gasteiger partial charge is 0.486 e. The van der Waals surface area contributed by atoms with E-state index in [1.54, 1.807) is 30.5 Å². The van der Waals surface area contributed by atoms with Crippen molar-refractivity contribution in [3.05, 3.63) is 138 Å². The monoisotopic (exact) mass is 762 g/mol. The summed E-state index contributed by atoms with van der Waals surface area (Å²) in [4.78, 5) is 12.8. The van der Waals surface area contributed by atoms with E-state index < -0.39 is 26.4 Å². The Hall–Kier alpha value is -4.44. The van der Waals surface area contributed by atoms with Crippen LogP contribution in [0.25, 0.3) is 55.7 Å². The van der Waals surface area contributed by atoms with Gasteiger partial charge in [0.25, 0.3) is 0 Å². The summed E-state index contributed by atoms with van der Waals surface area (Å²) < 4.78 is 82.3. The van der Waals surface area contributed by atoms with E-state index in [4.69, 9.17) is 18.1 Å². The number of hydrogen-bond acceptors (Lipinski definition) is 4. The molecule has 3 aromatic carbocycles. The van der Waals surface area contributed by atoms with E-state index in [1.807, 2.05) is 62.4 Å². The Kier molecular flexibility index (Phi) is 6.27. The first-order valence-electron chi connectivity index (χ1n) is 18.6. The molecule has 0 unspecified atom stereocenters. The van der Waals surface area contributed by atoms with Crippen molar-refractivity contribution in [3.8, 4) is 33.6 Å². The van der Waals surface area contributed by atoms with E-state index in [1.165, 1.54) is 24.4 Å². The molecule has 4 aromatic heterocycles. The van der Waals surface area contributed by atoms with Crippen LogP contribution in [0.3, 0.4) is 0 Å². The molecule has 7 rings (SSSR count). The van der Waals surface area contributed by atoms with Gasteiger partial charge in [-0.05, 0) is 60.3 Å². The second-order valence-electron chi connectivity index (χ2n) is 10.1. The third-order valence-electron chi connectivity index (χ3n) is 6.97. The van der Waals surface area contributed by atoms with Crippen LogP contribution in [0.1, 0.15) is 55.8 Å². The molecule has 0 spiro atoms. The first-order chi connectivity index (χ1) is 24.8. The molecule has 0 aliphatic carbocycles. The number of aromatic nitrogens is 3. The standard InChI is InChI=1S/C20H17N2O.C19H16N.Ir/c1-12(2)14-9-10-21-18(11-14)17-6-4-5-15-16-8-7-13(3)22-20(16)23-19(15)17;1-14-8-11-19(20-13-14)17-10-9-15(2)18(12-17)16-6-4-3-5-7-16;/h4-5,7-12H,1-3H3;3-9,11-13H,1-2H3;/q2*-1;/i3D3,12D;1D3,2D3;. The van der Waals surface area contributed by atoms with Gasteiger partial charge in [-0.25, -0.2) is 4.98 Å². The fourth-order valence-electron chi connectivity index (χ4n) is 4.74. The number of furan rings is 1. The van der Waals surface area contributed by atoms with Gasteiger partial charge >= 0.3 is 0 Å². The summed E-state index contributed by atoms with van der Waals surface area (Å²) in [5.41, 5.74) is 5.84. The molecule has 0 fully saturated rings. The number of pyridine rings is 3. The quantitative estimate of drug-likeness (QED) is 0.168. The maximum absolute atomic E-state index is 8.24. The SMILES string of the molecule is [2H]C([2H])([2H])c1ccc(-c2[c-]cc(C([2H])([2H])[2H])c(-c3ccccc3)c2)nc1.[2H]C([2H])([2H])c1ccc2c(n1)oc1c(-c3cc(C([2H])(C)C)ccn3)[c-]ccc12.[Ir]. The van der Waals surface area contributed by atoms with E-state index >= 15 is 0 Å². The van der Waals surface area contributed by atoms with Crippen LogP contribution in [0, 0.1) is 32.7 Å². The van der Waals surface area contributed by atoms with Crippen LogP contribution in [0.5, 0.6) is 0 Å². The summed E-state index contributed by atoms with van der Waals surface area (Å²) in [7, 11) is 0. The van der Waals surface area contributed by atoms with E-state index in [0.717, 1.165) is 21.9 Å². The van der Waals surface area contributed by atoms with Crippen LogP contribution >= 0.6 is 0 Å². The first-order valence-corrected chi connectivity index (χ1v) is 13.6. The van der Waals surface area contributed by atoms with Crippen LogP contribution in [0.15, 0.2) is 108 Å². The molecule has 0 atom stereocenters. The third-order valence-corrected chi connectivity index (χ3v) is 6.97. The van der Waals surface area contributed by atoms with Gasteiger partial charge in [0, 0.05) is 57.3 Å². The van der Waals surface area contributed by atoms with Crippen molar-refractivity contribution >= 4 is 22.1 Å². The van der Waals surface area contributed by atoms with Gasteiger partial charge in [-0.15, -0.1) is 47.5 Å². The normalized spacial score (nSPS) is 15.3. The van der Waals surface area contributed by atoms with Gasteiger partial charge in [0.2, 0.25) is 5.71 Å². The Labute approximate surface area is 286 Å². The molecule has 0 saturated carbocycles. The number of benzene rings is 3. The molecule has 1 radical (unpaired) electrons. The maximum Gasteiger partial charge on any atom is 0.216 e. The smallest absolute Gasteiger partial charge is 0.216 e. The van der Waals surface area contributed by atoms with E-state index in [-0.39, 0.29) is 42.6 Å². The molecule has 44 heavy (non-hydrogen) atoms. The van der Waals surface area contributed by atoms with Crippen LogP contribution in [-0.4, -0.2) is 15.0 Å². The zero-order valence-corrected chi connectivity index (χ0v) is 26.3. The Morgan fingerprint density at radius 3 is 2.48 bits per heavy atom. The molecule has 0 aliphatic rings. The topological polar surface area (TPSA) is 51.8 Å². The van der Waals surface area contributed by atoms with Gasteiger partial charge in [0.05, 0.1) is 5.58 Å².